The molecule has 0 amide bonds. The molecule has 1 aliphatic rings. The molecule has 0 aliphatic carbocycles. The van der Waals surface area contributed by atoms with Gasteiger partial charge in [0, 0.05) is 0 Å². The van der Waals surface area contributed by atoms with Gasteiger partial charge in [0.25, 0.3) is 0 Å². The molecule has 0 aromatic heterocycles. The average Bonchev–Trinajstić information content (AvgIpc) is 2.30. The molecule has 1 aliphatic heterocycles. The van der Waals surface area contributed by atoms with E-state index in [-0.39, 0.29) is 0 Å². The summed E-state index contributed by atoms with van der Waals surface area (Å²) in [6.45, 7) is 0. The van der Waals surface area contributed by atoms with Crippen LogP contribution in [0.2, 0.25) is 0 Å². The van der Waals surface area contributed by atoms with Crippen LogP contribution in [0.3, 0.4) is 0 Å². The molecule has 0 saturated carbocycles. The second kappa shape index (κ2) is 3.91. The van der Waals surface area contributed by atoms with Crippen molar-refractivity contribution in [2.24, 2.45) is 0 Å². The van der Waals surface area contributed by atoms with Crippen molar-refractivity contribution in [1.82, 2.24) is 0 Å². The van der Waals surface area contributed by atoms with Gasteiger partial charge in [0.05, 0.1) is 0 Å². The summed E-state index contributed by atoms with van der Waals surface area (Å²) in [5, 5.41) is 0. The average molecular weight is 373 g/mol. The van der Waals surface area contributed by atoms with Crippen LogP contribution in [0.1, 0.15) is 11.1 Å². The van der Waals surface area contributed by atoms with Crippen molar-refractivity contribution in [2.45, 2.75) is 6.42 Å². The van der Waals surface area contributed by atoms with Gasteiger partial charge < -0.3 is 0 Å². The number of benzene rings is 2. The topological polar surface area (TPSA) is 0 Å². The number of fused-ring (bicyclic) bond motifs is 2. The van der Waals surface area contributed by atoms with Crippen molar-refractivity contribution in [3.05, 3.63) is 66.8 Å². The zero-order valence-electron chi connectivity index (χ0n) is 8.08. The van der Waals surface area contributed by atoms with Gasteiger partial charge in [-0.3, -0.25) is 0 Å². The van der Waals surface area contributed by atoms with Gasteiger partial charge in [-0.05, 0) is 0 Å². The molecule has 0 unspecified atom stereocenters. The maximum atomic E-state index is 3.94. The number of hydrogen-bond acceptors (Lipinski definition) is 0. The van der Waals surface area contributed by atoms with Crippen LogP contribution in [0.5, 0.6) is 0 Å². The van der Waals surface area contributed by atoms with Crippen molar-refractivity contribution in [3.63, 3.8) is 0 Å². The molecule has 0 atom stereocenters. The van der Waals surface area contributed by atoms with Gasteiger partial charge in [-0.1, -0.05) is 0 Å². The van der Waals surface area contributed by atoms with Gasteiger partial charge in [-0.25, -0.2) is 0 Å². The van der Waals surface area contributed by atoms with Crippen LogP contribution in [-0.4, -0.2) is 0 Å². The fraction of sp³-hybridized carbons (Fsp3) is 0.0769. The summed E-state index contributed by atoms with van der Waals surface area (Å²) in [6, 6.07) is 17.7. The Morgan fingerprint density at radius 1 is 0.800 bits per heavy atom. The summed E-state index contributed by atoms with van der Waals surface area (Å²) in [6.07, 6.45) is 1.10. The predicted octanol–water partition coefficient (Wildman–Crippen LogP) is 4.45. The van der Waals surface area contributed by atoms with E-state index in [9.17, 15) is 0 Å². The number of halogens is 2. The van der Waals surface area contributed by atoms with E-state index in [1.165, 1.54) is 11.1 Å². The van der Waals surface area contributed by atoms with Gasteiger partial charge in [0.1, 0.15) is 0 Å². The van der Waals surface area contributed by atoms with E-state index < -0.39 is 17.6 Å². The Labute approximate surface area is 103 Å². The maximum absolute atomic E-state index is 3.94. The molecule has 0 N–H and O–H groups in total. The fourth-order valence-electron chi connectivity index (χ4n) is 1.92. The summed E-state index contributed by atoms with van der Waals surface area (Å²) in [5.74, 6) is 0. The van der Waals surface area contributed by atoms with Crippen LogP contribution in [-0.2, 0) is 6.42 Å². The van der Waals surface area contributed by atoms with Crippen molar-refractivity contribution in [3.8, 4) is 0 Å². The van der Waals surface area contributed by atoms with E-state index in [4.69, 9.17) is 0 Å². The van der Waals surface area contributed by atoms with Gasteiger partial charge in [-0.15, -0.1) is 0 Å². The van der Waals surface area contributed by atoms with Crippen molar-refractivity contribution in [2.75, 3.05) is 0 Å². The first-order chi connectivity index (χ1) is 7.36. The second-order valence-corrected chi connectivity index (χ2v) is 11.3. The Kier molecular flexibility index (Phi) is 2.56. The Bertz CT molecular complexity index is 462. The Hall–Kier alpha value is -0.350. The Morgan fingerprint density at radius 3 is 1.80 bits per heavy atom. The summed E-state index contributed by atoms with van der Waals surface area (Å²) < 4.78 is 3.14. The third-order valence-corrected chi connectivity index (χ3v) is 11.1. The van der Waals surface area contributed by atoms with Gasteiger partial charge in [-0.2, -0.15) is 0 Å². The van der Waals surface area contributed by atoms with E-state index in [2.05, 4.69) is 61.2 Å². The van der Waals surface area contributed by atoms with Crippen LogP contribution in [0.15, 0.2) is 48.5 Å². The molecule has 3 rings (SSSR count). The summed E-state index contributed by atoms with van der Waals surface area (Å²) >= 11 is 2.68. The molecule has 0 spiro atoms. The molecule has 2 aromatic carbocycles. The standard InChI is InChI=1S/C13H10BrI/c14-15-12-7-3-1-5-10(12)9-11-6-2-4-8-13(11)15/h1-8H,9H2. The molecule has 0 nitrogen and oxygen atoms in total. The third-order valence-electron chi connectivity index (χ3n) is 2.65. The van der Waals surface area contributed by atoms with E-state index in [1.54, 1.807) is 7.14 Å². The molecule has 15 heavy (non-hydrogen) atoms. The first kappa shape index (κ1) is 9.85. The molecule has 2 heteroatoms. The van der Waals surface area contributed by atoms with Crippen molar-refractivity contribution >= 4 is 30.3 Å². The molecule has 76 valence electrons. The molecule has 0 saturated heterocycles. The van der Waals surface area contributed by atoms with Crippen molar-refractivity contribution < 1.29 is 0 Å². The minimum absolute atomic E-state index is 1.10. The van der Waals surface area contributed by atoms with Crippen LogP contribution < -0.4 is 0 Å². The predicted molar refractivity (Wildman–Crippen MR) is 76.0 cm³/mol. The van der Waals surface area contributed by atoms with Crippen LogP contribution in [0.25, 0.3) is 0 Å². The monoisotopic (exact) mass is 372 g/mol. The van der Waals surface area contributed by atoms with Gasteiger partial charge in [0.15, 0.2) is 0 Å². The fourth-order valence-corrected chi connectivity index (χ4v) is 9.48. The van der Waals surface area contributed by atoms with Gasteiger partial charge in [0.2, 0.25) is 0 Å². The molecule has 0 radical (unpaired) electrons. The first-order valence-electron chi connectivity index (χ1n) is 4.88. The molecular formula is C13H10BrI. The molecule has 0 fully saturated rings. The molecule has 0 bridgehead atoms. The summed E-state index contributed by atoms with van der Waals surface area (Å²) in [5.41, 5.74) is 3.02. The molecular weight excluding hydrogens is 363 g/mol. The normalized spacial score (nSPS) is 15.7. The third kappa shape index (κ3) is 1.64. The second-order valence-electron chi connectivity index (χ2n) is 3.60. The first-order valence-corrected chi connectivity index (χ1v) is 11.9. The van der Waals surface area contributed by atoms with Crippen LogP contribution in [0.4, 0.5) is 0 Å². The van der Waals surface area contributed by atoms with E-state index in [0.29, 0.717) is 0 Å². The molecule has 2 aromatic rings. The van der Waals surface area contributed by atoms with Crippen LogP contribution >= 0.6 is 30.3 Å². The molecule has 1 heterocycles. The zero-order valence-corrected chi connectivity index (χ0v) is 11.8. The zero-order chi connectivity index (χ0) is 10.3. The Morgan fingerprint density at radius 2 is 1.27 bits per heavy atom. The van der Waals surface area contributed by atoms with Crippen molar-refractivity contribution in [1.29, 1.82) is 0 Å². The summed E-state index contributed by atoms with van der Waals surface area (Å²) in [4.78, 5) is 0. The van der Waals surface area contributed by atoms with Gasteiger partial charge >= 0.3 is 104 Å². The van der Waals surface area contributed by atoms with E-state index >= 15 is 0 Å². The Balaban J connectivity index is 2.20. The minimum atomic E-state index is -1.26. The summed E-state index contributed by atoms with van der Waals surface area (Å²) in [7, 11) is 0. The van der Waals surface area contributed by atoms with E-state index in [1.807, 2.05) is 0 Å². The quantitative estimate of drug-likeness (QED) is 0.599. The van der Waals surface area contributed by atoms with Crippen LogP contribution in [0, 0.1) is 7.14 Å². The number of rotatable bonds is 0. The SMILES string of the molecule is BrI1c2ccccc2Cc2ccccc21. The number of hydrogen-bond donors (Lipinski definition) is 0. The van der Waals surface area contributed by atoms with E-state index in [0.717, 1.165) is 6.42 Å².